The summed E-state index contributed by atoms with van der Waals surface area (Å²) in [7, 11) is 0. The second kappa shape index (κ2) is 8.12. The van der Waals surface area contributed by atoms with Gasteiger partial charge in [0.2, 0.25) is 0 Å². The number of aryl methyl sites for hydroxylation is 1. The maximum Gasteiger partial charge on any atom is 0.0122 e. The minimum absolute atomic E-state index is 0.875. The third kappa shape index (κ3) is 4.33. The molecule has 0 spiro atoms. The Morgan fingerprint density at radius 2 is 1.68 bits per heavy atom. The van der Waals surface area contributed by atoms with E-state index in [4.69, 9.17) is 0 Å². The smallest absolute Gasteiger partial charge is 0.0122 e. The van der Waals surface area contributed by atoms with E-state index in [2.05, 4.69) is 47.1 Å². The first-order chi connectivity index (χ1) is 10.8. The van der Waals surface area contributed by atoms with Crippen LogP contribution in [0.5, 0.6) is 0 Å². The monoisotopic (exact) mass is 300 g/mol. The first-order valence-corrected chi connectivity index (χ1v) is 9.33. The van der Waals surface area contributed by atoms with Gasteiger partial charge in [-0.25, -0.2) is 0 Å². The van der Waals surface area contributed by atoms with Gasteiger partial charge in [0.25, 0.3) is 0 Å². The van der Waals surface area contributed by atoms with Gasteiger partial charge in [-0.2, -0.15) is 0 Å². The van der Waals surface area contributed by atoms with Crippen molar-refractivity contribution in [2.45, 2.75) is 51.5 Å². The van der Waals surface area contributed by atoms with Crippen molar-refractivity contribution >= 4 is 0 Å². The zero-order chi connectivity index (χ0) is 15.2. The van der Waals surface area contributed by atoms with E-state index >= 15 is 0 Å². The Bertz CT molecular complexity index is 423. The molecule has 0 N–H and O–H groups in total. The molecule has 0 amide bonds. The van der Waals surface area contributed by atoms with Crippen molar-refractivity contribution in [3.8, 4) is 0 Å². The highest BCUT2D eigenvalue weighted by Gasteiger charge is 2.29. The Hall–Kier alpha value is -0.860. The van der Waals surface area contributed by atoms with E-state index in [1.807, 2.05) is 0 Å². The van der Waals surface area contributed by atoms with Gasteiger partial charge in [0.1, 0.15) is 0 Å². The summed E-state index contributed by atoms with van der Waals surface area (Å²) in [6.07, 6.45) is 8.31. The number of hydrogen-bond acceptors (Lipinski definition) is 2. The largest absolute Gasteiger partial charge is 0.301 e. The van der Waals surface area contributed by atoms with Gasteiger partial charge in [0, 0.05) is 32.2 Å². The molecule has 1 aromatic rings. The fraction of sp³-hybridized carbons (Fsp3) is 0.700. The minimum Gasteiger partial charge on any atom is -0.301 e. The van der Waals surface area contributed by atoms with Gasteiger partial charge in [0.15, 0.2) is 0 Å². The Kier molecular flexibility index (Phi) is 5.91. The van der Waals surface area contributed by atoms with Gasteiger partial charge in [-0.1, -0.05) is 50.1 Å². The molecule has 1 saturated carbocycles. The summed E-state index contributed by atoms with van der Waals surface area (Å²) in [5, 5.41) is 0. The van der Waals surface area contributed by atoms with Crippen molar-refractivity contribution in [3.05, 3.63) is 35.9 Å². The van der Waals surface area contributed by atoms with Gasteiger partial charge >= 0.3 is 0 Å². The van der Waals surface area contributed by atoms with Crippen molar-refractivity contribution in [2.24, 2.45) is 5.92 Å². The van der Waals surface area contributed by atoms with Crippen LogP contribution in [0.3, 0.4) is 0 Å². The summed E-state index contributed by atoms with van der Waals surface area (Å²) < 4.78 is 0. The quantitative estimate of drug-likeness (QED) is 0.816. The lowest BCUT2D eigenvalue weighted by atomic mass is 9.84. The molecule has 22 heavy (non-hydrogen) atoms. The molecular formula is C20H32N2. The molecule has 0 aromatic heterocycles. The minimum atomic E-state index is 0.875. The highest BCUT2D eigenvalue weighted by atomic mass is 15.3. The van der Waals surface area contributed by atoms with Crippen LogP contribution in [0.15, 0.2) is 30.3 Å². The maximum absolute atomic E-state index is 2.79. The molecule has 122 valence electrons. The average molecular weight is 300 g/mol. The van der Waals surface area contributed by atoms with Crippen molar-refractivity contribution in [1.29, 1.82) is 0 Å². The Morgan fingerprint density at radius 1 is 0.955 bits per heavy atom. The number of piperazine rings is 1. The molecule has 1 aromatic carbocycles. The fourth-order valence-electron chi connectivity index (χ4n) is 4.31. The molecule has 1 saturated heterocycles. The van der Waals surface area contributed by atoms with Crippen LogP contribution >= 0.6 is 0 Å². The second-order valence-electron chi connectivity index (χ2n) is 7.30. The Balaban J connectivity index is 1.36. The van der Waals surface area contributed by atoms with E-state index in [-0.39, 0.29) is 0 Å². The summed E-state index contributed by atoms with van der Waals surface area (Å²) in [5.41, 5.74) is 1.48. The van der Waals surface area contributed by atoms with Crippen LogP contribution in [0.1, 0.15) is 44.6 Å². The van der Waals surface area contributed by atoms with E-state index < -0.39 is 0 Å². The van der Waals surface area contributed by atoms with Crippen LogP contribution in [-0.4, -0.2) is 48.6 Å². The van der Waals surface area contributed by atoms with E-state index in [0.29, 0.717) is 0 Å². The summed E-state index contributed by atoms with van der Waals surface area (Å²) >= 11 is 0. The lowest BCUT2D eigenvalue weighted by molar-refractivity contribution is 0.0542. The van der Waals surface area contributed by atoms with E-state index in [9.17, 15) is 0 Å². The van der Waals surface area contributed by atoms with Crippen LogP contribution in [-0.2, 0) is 6.42 Å². The molecule has 2 fully saturated rings. The molecule has 2 nitrogen and oxygen atoms in total. The van der Waals surface area contributed by atoms with E-state index in [0.717, 1.165) is 12.0 Å². The molecule has 0 bridgehead atoms. The second-order valence-corrected chi connectivity index (χ2v) is 7.30. The molecule has 0 radical (unpaired) electrons. The normalized spacial score (nSPS) is 27.9. The lowest BCUT2D eigenvalue weighted by Gasteiger charge is -2.43. The first kappa shape index (κ1) is 16.0. The highest BCUT2D eigenvalue weighted by molar-refractivity contribution is 5.14. The average Bonchev–Trinajstić information content (AvgIpc) is 2.57. The maximum atomic E-state index is 2.79. The summed E-state index contributed by atoms with van der Waals surface area (Å²) in [5.74, 6) is 0.915. The molecular weight excluding hydrogens is 268 g/mol. The third-order valence-corrected chi connectivity index (χ3v) is 5.72. The third-order valence-electron chi connectivity index (χ3n) is 5.72. The number of nitrogens with zero attached hydrogens (tertiary/aromatic N) is 2. The van der Waals surface area contributed by atoms with Gasteiger partial charge in [-0.15, -0.1) is 0 Å². The van der Waals surface area contributed by atoms with Crippen molar-refractivity contribution < 1.29 is 0 Å². The molecule has 2 heteroatoms. The van der Waals surface area contributed by atoms with Crippen LogP contribution in [0, 0.1) is 5.92 Å². The standard InChI is InChI=1S/C20H32N2/c1-18-8-5-6-12-20(18)22-16-14-21(15-17-22)13-7-11-19-9-3-2-4-10-19/h2-4,9-10,18,20H,5-8,11-17H2,1H3. The van der Waals surface area contributed by atoms with Gasteiger partial charge in [-0.05, 0) is 43.7 Å². The molecule has 3 rings (SSSR count). The van der Waals surface area contributed by atoms with Crippen molar-refractivity contribution in [1.82, 2.24) is 9.80 Å². The zero-order valence-electron chi connectivity index (χ0n) is 14.2. The SMILES string of the molecule is CC1CCCCC1N1CCN(CCCc2ccccc2)CC1. The van der Waals surface area contributed by atoms with E-state index in [1.165, 1.54) is 76.8 Å². The van der Waals surface area contributed by atoms with Gasteiger partial charge in [-0.3, -0.25) is 4.90 Å². The zero-order valence-corrected chi connectivity index (χ0v) is 14.2. The Morgan fingerprint density at radius 3 is 2.41 bits per heavy atom. The lowest BCUT2D eigenvalue weighted by Crippen LogP contribution is -2.52. The first-order valence-electron chi connectivity index (χ1n) is 9.33. The van der Waals surface area contributed by atoms with Gasteiger partial charge < -0.3 is 4.90 Å². The van der Waals surface area contributed by atoms with Crippen LogP contribution < -0.4 is 0 Å². The molecule has 1 aliphatic carbocycles. The summed E-state index contributed by atoms with van der Waals surface area (Å²) in [6.45, 7) is 8.87. The van der Waals surface area contributed by atoms with Crippen molar-refractivity contribution in [3.63, 3.8) is 0 Å². The predicted octanol–water partition coefficient (Wildman–Crippen LogP) is 3.82. The summed E-state index contributed by atoms with van der Waals surface area (Å²) in [6, 6.07) is 11.8. The fourth-order valence-corrected chi connectivity index (χ4v) is 4.31. The Labute approximate surface area is 136 Å². The molecule has 2 aliphatic rings. The van der Waals surface area contributed by atoms with Crippen LogP contribution in [0.2, 0.25) is 0 Å². The molecule has 1 heterocycles. The van der Waals surface area contributed by atoms with E-state index in [1.54, 1.807) is 0 Å². The summed E-state index contributed by atoms with van der Waals surface area (Å²) in [4.78, 5) is 5.46. The predicted molar refractivity (Wildman–Crippen MR) is 94.2 cm³/mol. The topological polar surface area (TPSA) is 6.48 Å². The number of rotatable bonds is 5. The van der Waals surface area contributed by atoms with Crippen molar-refractivity contribution in [2.75, 3.05) is 32.7 Å². The van der Waals surface area contributed by atoms with Crippen LogP contribution in [0.25, 0.3) is 0 Å². The molecule has 2 unspecified atom stereocenters. The number of benzene rings is 1. The number of hydrogen-bond donors (Lipinski definition) is 0. The molecule has 2 atom stereocenters. The van der Waals surface area contributed by atoms with Crippen LogP contribution in [0.4, 0.5) is 0 Å². The van der Waals surface area contributed by atoms with Gasteiger partial charge in [0.05, 0.1) is 0 Å². The molecule has 1 aliphatic heterocycles. The highest BCUT2D eigenvalue weighted by Crippen LogP contribution is 2.28.